The Hall–Kier alpha value is -2.81. The molecule has 2 aromatic heterocycles. The van der Waals surface area contributed by atoms with Crippen molar-refractivity contribution in [3.05, 3.63) is 46.7 Å². The molecule has 0 aliphatic rings. The standard InChI is InChI=1S/C19H18ClF3N4O2/c1-4-10(2)24-18(28)16-15(20)17-25-13(11-5-7-12(29-3)8-6-11)9-14(19(21,22)23)27(17)26-16/h5-10H,4H2,1-3H3,(H,24,28)/t10-/m1/s1. The maximum atomic E-state index is 13.7. The van der Waals surface area contributed by atoms with Gasteiger partial charge >= 0.3 is 6.18 Å². The van der Waals surface area contributed by atoms with Gasteiger partial charge in [0, 0.05) is 11.6 Å². The van der Waals surface area contributed by atoms with Crippen molar-refractivity contribution >= 4 is 23.2 Å². The van der Waals surface area contributed by atoms with Crippen LogP contribution >= 0.6 is 11.6 Å². The molecular weight excluding hydrogens is 409 g/mol. The molecule has 2 heterocycles. The molecule has 0 unspecified atom stereocenters. The van der Waals surface area contributed by atoms with Gasteiger partial charge in [0.15, 0.2) is 17.0 Å². The summed E-state index contributed by atoms with van der Waals surface area (Å²) in [5.74, 6) is -0.105. The van der Waals surface area contributed by atoms with Crippen LogP contribution in [0.2, 0.25) is 5.02 Å². The van der Waals surface area contributed by atoms with Gasteiger partial charge in [0.25, 0.3) is 5.91 Å². The zero-order valence-electron chi connectivity index (χ0n) is 15.8. The minimum atomic E-state index is -4.73. The van der Waals surface area contributed by atoms with Gasteiger partial charge < -0.3 is 10.1 Å². The van der Waals surface area contributed by atoms with Gasteiger partial charge in [0.2, 0.25) is 0 Å². The fourth-order valence-electron chi connectivity index (χ4n) is 2.64. The molecule has 0 saturated carbocycles. The van der Waals surface area contributed by atoms with Gasteiger partial charge in [-0.25, -0.2) is 9.50 Å². The van der Waals surface area contributed by atoms with Crippen molar-refractivity contribution in [1.29, 1.82) is 0 Å². The molecule has 1 amide bonds. The Kier molecular flexibility index (Phi) is 5.70. The van der Waals surface area contributed by atoms with Crippen LogP contribution in [0.15, 0.2) is 30.3 Å². The number of nitrogens with zero attached hydrogens (tertiary/aromatic N) is 3. The van der Waals surface area contributed by atoms with E-state index >= 15 is 0 Å². The van der Waals surface area contributed by atoms with Crippen molar-refractivity contribution in [2.24, 2.45) is 0 Å². The lowest BCUT2D eigenvalue weighted by Crippen LogP contribution is -2.32. The predicted molar refractivity (Wildman–Crippen MR) is 102 cm³/mol. The minimum Gasteiger partial charge on any atom is -0.497 e. The summed E-state index contributed by atoms with van der Waals surface area (Å²) in [6.45, 7) is 3.63. The molecular formula is C19H18ClF3N4O2. The topological polar surface area (TPSA) is 68.5 Å². The molecule has 1 atom stereocenters. The van der Waals surface area contributed by atoms with Crippen molar-refractivity contribution in [2.75, 3.05) is 7.11 Å². The fraction of sp³-hybridized carbons (Fsp3) is 0.316. The molecule has 0 radical (unpaired) electrons. The molecule has 1 N–H and O–H groups in total. The first-order chi connectivity index (χ1) is 13.7. The van der Waals surface area contributed by atoms with Crippen molar-refractivity contribution < 1.29 is 22.7 Å². The van der Waals surface area contributed by atoms with Gasteiger partial charge in [-0.05, 0) is 43.7 Å². The number of fused-ring (bicyclic) bond motifs is 1. The van der Waals surface area contributed by atoms with Gasteiger partial charge in [-0.1, -0.05) is 18.5 Å². The van der Waals surface area contributed by atoms with E-state index in [1.807, 2.05) is 6.92 Å². The lowest BCUT2D eigenvalue weighted by molar-refractivity contribution is -0.142. The van der Waals surface area contributed by atoms with E-state index in [1.54, 1.807) is 31.2 Å². The summed E-state index contributed by atoms with van der Waals surface area (Å²) >= 11 is 6.21. The molecule has 0 bridgehead atoms. The summed E-state index contributed by atoms with van der Waals surface area (Å²) in [7, 11) is 1.49. The number of hydrogen-bond donors (Lipinski definition) is 1. The maximum Gasteiger partial charge on any atom is 0.433 e. The normalized spacial score (nSPS) is 12.8. The summed E-state index contributed by atoms with van der Waals surface area (Å²) in [4.78, 5) is 16.6. The minimum absolute atomic E-state index is 0.0446. The van der Waals surface area contributed by atoms with Crippen molar-refractivity contribution in [3.63, 3.8) is 0 Å². The van der Waals surface area contributed by atoms with Crippen LogP contribution in [-0.2, 0) is 6.18 Å². The second-order valence-corrected chi connectivity index (χ2v) is 6.81. The monoisotopic (exact) mass is 426 g/mol. The molecule has 29 heavy (non-hydrogen) atoms. The van der Waals surface area contributed by atoms with E-state index in [0.717, 1.165) is 6.07 Å². The molecule has 6 nitrogen and oxygen atoms in total. The van der Waals surface area contributed by atoms with Gasteiger partial charge in [-0.2, -0.15) is 18.3 Å². The highest BCUT2D eigenvalue weighted by Gasteiger charge is 2.36. The number of halogens is 4. The Balaban J connectivity index is 2.18. The largest absolute Gasteiger partial charge is 0.497 e. The highest BCUT2D eigenvalue weighted by atomic mass is 35.5. The van der Waals surface area contributed by atoms with Gasteiger partial charge in [0.05, 0.1) is 12.8 Å². The maximum absolute atomic E-state index is 13.7. The first kappa shape index (κ1) is 20.9. The van der Waals surface area contributed by atoms with Crippen LogP contribution in [-0.4, -0.2) is 33.7 Å². The summed E-state index contributed by atoms with van der Waals surface area (Å²) in [6, 6.07) is 7.06. The second kappa shape index (κ2) is 7.90. The summed E-state index contributed by atoms with van der Waals surface area (Å²) < 4.78 is 46.7. The van der Waals surface area contributed by atoms with Crippen LogP contribution in [0.4, 0.5) is 13.2 Å². The fourth-order valence-corrected chi connectivity index (χ4v) is 2.89. The third kappa shape index (κ3) is 4.14. The highest BCUT2D eigenvalue weighted by molar-refractivity contribution is 6.36. The van der Waals surface area contributed by atoms with Crippen molar-refractivity contribution in [1.82, 2.24) is 19.9 Å². The molecule has 1 aromatic carbocycles. The lowest BCUT2D eigenvalue weighted by atomic mass is 10.1. The first-order valence-corrected chi connectivity index (χ1v) is 9.15. The zero-order chi connectivity index (χ0) is 21.3. The first-order valence-electron chi connectivity index (χ1n) is 8.77. The number of benzene rings is 1. The third-order valence-electron chi connectivity index (χ3n) is 4.41. The highest BCUT2D eigenvalue weighted by Crippen LogP contribution is 2.34. The number of nitrogens with one attached hydrogen (secondary N) is 1. The number of amides is 1. The number of aromatic nitrogens is 3. The number of methoxy groups -OCH3 is 1. The van der Waals surface area contributed by atoms with Crippen LogP contribution in [0, 0.1) is 0 Å². The van der Waals surface area contributed by atoms with E-state index in [-0.39, 0.29) is 28.1 Å². The van der Waals surface area contributed by atoms with E-state index in [0.29, 0.717) is 22.2 Å². The Morgan fingerprint density at radius 2 is 1.97 bits per heavy atom. The number of carbonyl (C=O) groups excluding carboxylic acids is 1. The number of ether oxygens (including phenoxy) is 1. The molecule has 3 rings (SSSR count). The van der Waals surface area contributed by atoms with Gasteiger partial charge in [0.1, 0.15) is 10.8 Å². The second-order valence-electron chi connectivity index (χ2n) is 6.43. The molecule has 3 aromatic rings. The smallest absolute Gasteiger partial charge is 0.433 e. The van der Waals surface area contributed by atoms with Crippen LogP contribution in [0.3, 0.4) is 0 Å². The third-order valence-corrected chi connectivity index (χ3v) is 4.76. The molecule has 154 valence electrons. The van der Waals surface area contributed by atoms with Gasteiger partial charge in [-0.3, -0.25) is 4.79 Å². The van der Waals surface area contributed by atoms with Crippen LogP contribution in [0.25, 0.3) is 16.9 Å². The Labute approximate surface area is 169 Å². The van der Waals surface area contributed by atoms with Crippen LogP contribution in [0.1, 0.15) is 36.5 Å². The van der Waals surface area contributed by atoms with E-state index < -0.39 is 17.8 Å². The number of rotatable bonds is 5. The van der Waals surface area contributed by atoms with Crippen molar-refractivity contribution in [3.8, 4) is 17.0 Å². The molecule has 0 aliphatic carbocycles. The quantitative estimate of drug-likeness (QED) is 0.647. The summed E-state index contributed by atoms with van der Waals surface area (Å²) in [6.07, 6.45) is -4.09. The van der Waals surface area contributed by atoms with Gasteiger partial charge in [-0.15, -0.1) is 0 Å². The molecule has 0 spiro atoms. The van der Waals surface area contributed by atoms with E-state index in [2.05, 4.69) is 15.4 Å². The molecule has 0 fully saturated rings. The zero-order valence-corrected chi connectivity index (χ0v) is 16.6. The van der Waals surface area contributed by atoms with Crippen molar-refractivity contribution in [2.45, 2.75) is 32.5 Å². The number of hydrogen-bond acceptors (Lipinski definition) is 4. The molecule has 0 aliphatic heterocycles. The Bertz CT molecular complexity index is 1050. The molecule has 0 saturated heterocycles. The van der Waals surface area contributed by atoms with E-state index in [1.165, 1.54) is 7.11 Å². The van der Waals surface area contributed by atoms with E-state index in [4.69, 9.17) is 16.3 Å². The summed E-state index contributed by atoms with van der Waals surface area (Å²) in [5, 5.41) is 6.20. The van der Waals surface area contributed by atoms with E-state index in [9.17, 15) is 18.0 Å². The average Bonchev–Trinajstić information content (AvgIpc) is 3.03. The lowest BCUT2D eigenvalue weighted by Gasteiger charge is -2.11. The number of carbonyl (C=O) groups is 1. The predicted octanol–water partition coefficient (Wildman–Crippen LogP) is 4.61. The number of alkyl halides is 3. The SMILES string of the molecule is CC[C@@H](C)NC(=O)c1nn2c(C(F)(F)F)cc(-c3ccc(OC)cc3)nc2c1Cl. The Morgan fingerprint density at radius 1 is 1.31 bits per heavy atom. The van der Waals surface area contributed by atoms with Crippen LogP contribution in [0.5, 0.6) is 5.75 Å². The molecule has 10 heteroatoms. The summed E-state index contributed by atoms with van der Waals surface area (Å²) in [5.41, 5.74) is -1.17. The van der Waals surface area contributed by atoms with Crippen LogP contribution < -0.4 is 10.1 Å². The Morgan fingerprint density at radius 3 is 2.52 bits per heavy atom. The average molecular weight is 427 g/mol.